The van der Waals surface area contributed by atoms with E-state index in [9.17, 15) is 4.39 Å². The zero-order valence-corrected chi connectivity index (χ0v) is 10.2. The van der Waals surface area contributed by atoms with E-state index in [0.29, 0.717) is 0 Å². The molecule has 18 heavy (non-hydrogen) atoms. The molecule has 3 aromatic rings. The number of rotatable bonds is 3. The van der Waals surface area contributed by atoms with Crippen LogP contribution in [0.5, 0.6) is 0 Å². The molecule has 0 aliphatic heterocycles. The van der Waals surface area contributed by atoms with Crippen LogP contribution in [-0.2, 0) is 5.75 Å². The second kappa shape index (κ2) is 4.78. The molecule has 1 N–H and O–H groups in total. The number of H-pyrrole nitrogens is 1. The molecule has 0 saturated heterocycles. The normalized spacial score (nSPS) is 10.9. The number of thioether (sulfide) groups is 1. The number of nitrogens with zero attached hydrogens (tertiary/aromatic N) is 2. The lowest BCUT2D eigenvalue weighted by atomic mass is 10.3. The molecule has 5 heteroatoms. The fourth-order valence-corrected chi connectivity index (χ4v) is 2.50. The quantitative estimate of drug-likeness (QED) is 0.733. The molecular formula is C13H10FN3S. The molecule has 3 rings (SSSR count). The summed E-state index contributed by atoms with van der Waals surface area (Å²) in [6.45, 7) is 0. The maximum atomic E-state index is 13.0. The number of hydrogen-bond acceptors (Lipinski definition) is 3. The summed E-state index contributed by atoms with van der Waals surface area (Å²) in [6.07, 6.45) is 3.54. The van der Waals surface area contributed by atoms with Gasteiger partial charge in [-0.3, -0.25) is 4.98 Å². The molecule has 0 saturated carbocycles. The summed E-state index contributed by atoms with van der Waals surface area (Å²) in [7, 11) is 0. The predicted molar refractivity (Wildman–Crippen MR) is 69.8 cm³/mol. The highest BCUT2D eigenvalue weighted by Gasteiger charge is 2.04. The molecule has 0 aliphatic carbocycles. The van der Waals surface area contributed by atoms with Crippen molar-refractivity contribution in [2.24, 2.45) is 0 Å². The number of fused-ring (bicyclic) bond motifs is 1. The van der Waals surface area contributed by atoms with Gasteiger partial charge in [0.25, 0.3) is 0 Å². The summed E-state index contributed by atoms with van der Waals surface area (Å²) in [4.78, 5) is 11.5. The first kappa shape index (κ1) is 11.2. The largest absolute Gasteiger partial charge is 0.333 e. The Morgan fingerprint density at radius 1 is 1.17 bits per heavy atom. The highest BCUT2D eigenvalue weighted by Crippen LogP contribution is 2.23. The molecule has 0 spiro atoms. The second-order valence-electron chi connectivity index (χ2n) is 3.85. The van der Waals surface area contributed by atoms with E-state index >= 15 is 0 Å². The number of pyridine rings is 1. The van der Waals surface area contributed by atoms with Gasteiger partial charge in [0.2, 0.25) is 0 Å². The Morgan fingerprint density at radius 3 is 2.83 bits per heavy atom. The maximum absolute atomic E-state index is 13.0. The molecule has 0 bridgehead atoms. The molecular weight excluding hydrogens is 249 g/mol. The molecule has 0 unspecified atom stereocenters. The average molecular weight is 259 g/mol. The van der Waals surface area contributed by atoms with Crippen LogP contribution in [0.4, 0.5) is 4.39 Å². The first-order valence-electron chi connectivity index (χ1n) is 5.48. The Hall–Kier alpha value is -1.88. The van der Waals surface area contributed by atoms with Crippen molar-refractivity contribution in [2.45, 2.75) is 10.9 Å². The molecule has 0 aliphatic rings. The Morgan fingerprint density at radius 2 is 2.00 bits per heavy atom. The monoisotopic (exact) mass is 259 g/mol. The molecule has 0 atom stereocenters. The van der Waals surface area contributed by atoms with Gasteiger partial charge in [-0.1, -0.05) is 11.8 Å². The first-order chi connectivity index (χ1) is 8.81. The minimum atomic E-state index is -0.253. The topological polar surface area (TPSA) is 41.6 Å². The van der Waals surface area contributed by atoms with E-state index in [4.69, 9.17) is 0 Å². The van der Waals surface area contributed by atoms with E-state index in [1.807, 2.05) is 12.1 Å². The van der Waals surface area contributed by atoms with E-state index in [-0.39, 0.29) is 5.82 Å². The van der Waals surface area contributed by atoms with E-state index in [2.05, 4.69) is 15.0 Å². The third kappa shape index (κ3) is 2.36. The summed E-state index contributed by atoms with van der Waals surface area (Å²) in [5.41, 5.74) is 2.70. The standard InChI is InChI=1S/C13H10FN3S/c14-10-1-2-11-12(7-10)17-13(16-11)18-8-9-3-5-15-6-4-9/h1-7H,8H2,(H,16,17). The van der Waals surface area contributed by atoms with E-state index in [1.54, 1.807) is 30.2 Å². The molecule has 3 nitrogen and oxygen atoms in total. The third-order valence-corrected chi connectivity index (χ3v) is 3.49. The zero-order valence-electron chi connectivity index (χ0n) is 9.43. The van der Waals surface area contributed by atoms with Crippen molar-refractivity contribution in [2.75, 3.05) is 0 Å². The van der Waals surface area contributed by atoms with Gasteiger partial charge in [0, 0.05) is 18.1 Å². The van der Waals surface area contributed by atoms with Gasteiger partial charge in [-0.15, -0.1) is 0 Å². The van der Waals surface area contributed by atoms with Crippen LogP contribution in [-0.4, -0.2) is 15.0 Å². The lowest BCUT2D eigenvalue weighted by Crippen LogP contribution is -1.81. The fourth-order valence-electron chi connectivity index (χ4n) is 1.66. The smallest absolute Gasteiger partial charge is 0.166 e. The minimum absolute atomic E-state index is 0.253. The summed E-state index contributed by atoms with van der Waals surface area (Å²) < 4.78 is 13.0. The van der Waals surface area contributed by atoms with Crippen molar-refractivity contribution in [1.29, 1.82) is 0 Å². The Balaban J connectivity index is 1.79. The predicted octanol–water partition coefficient (Wildman–Crippen LogP) is 3.39. The molecule has 2 aromatic heterocycles. The van der Waals surface area contributed by atoms with Crippen LogP contribution < -0.4 is 0 Å². The lowest BCUT2D eigenvalue weighted by molar-refractivity contribution is 0.629. The summed E-state index contributed by atoms with van der Waals surface area (Å²) in [6, 6.07) is 8.49. The van der Waals surface area contributed by atoms with Gasteiger partial charge >= 0.3 is 0 Å². The van der Waals surface area contributed by atoms with Gasteiger partial charge < -0.3 is 4.98 Å². The highest BCUT2D eigenvalue weighted by molar-refractivity contribution is 7.98. The van der Waals surface area contributed by atoms with Gasteiger partial charge in [-0.2, -0.15) is 0 Å². The van der Waals surface area contributed by atoms with Gasteiger partial charge in [0.15, 0.2) is 5.16 Å². The van der Waals surface area contributed by atoms with Crippen molar-refractivity contribution in [1.82, 2.24) is 15.0 Å². The average Bonchev–Trinajstić information content (AvgIpc) is 2.79. The van der Waals surface area contributed by atoms with E-state index in [1.165, 1.54) is 17.7 Å². The second-order valence-corrected chi connectivity index (χ2v) is 4.81. The van der Waals surface area contributed by atoms with Crippen LogP contribution in [0.25, 0.3) is 11.0 Å². The molecule has 0 amide bonds. The number of benzene rings is 1. The zero-order chi connectivity index (χ0) is 12.4. The SMILES string of the molecule is Fc1ccc2nc(SCc3ccncc3)[nH]c2c1. The Kier molecular flexibility index (Phi) is 2.98. The number of imidazole rings is 1. The van der Waals surface area contributed by atoms with Crippen LogP contribution in [0.1, 0.15) is 5.56 Å². The van der Waals surface area contributed by atoms with Crippen LogP contribution in [0.15, 0.2) is 47.9 Å². The van der Waals surface area contributed by atoms with Crippen LogP contribution >= 0.6 is 11.8 Å². The number of halogens is 1. The number of aromatic nitrogens is 3. The number of aromatic amines is 1. The van der Waals surface area contributed by atoms with Crippen molar-refractivity contribution >= 4 is 22.8 Å². The minimum Gasteiger partial charge on any atom is -0.333 e. The van der Waals surface area contributed by atoms with Crippen molar-refractivity contribution < 1.29 is 4.39 Å². The summed E-state index contributed by atoms with van der Waals surface area (Å²) >= 11 is 1.59. The Bertz CT molecular complexity index is 666. The molecule has 1 aromatic carbocycles. The summed E-state index contributed by atoms with van der Waals surface area (Å²) in [5.74, 6) is 0.557. The van der Waals surface area contributed by atoms with Crippen LogP contribution in [0.3, 0.4) is 0 Å². The molecule has 2 heterocycles. The van der Waals surface area contributed by atoms with Crippen molar-refractivity contribution in [3.05, 3.63) is 54.1 Å². The van der Waals surface area contributed by atoms with Crippen LogP contribution in [0.2, 0.25) is 0 Å². The molecule has 0 fully saturated rings. The lowest BCUT2D eigenvalue weighted by Gasteiger charge is -1.97. The van der Waals surface area contributed by atoms with Gasteiger partial charge in [0.1, 0.15) is 5.82 Å². The molecule has 0 radical (unpaired) electrons. The van der Waals surface area contributed by atoms with Crippen molar-refractivity contribution in [3.63, 3.8) is 0 Å². The maximum Gasteiger partial charge on any atom is 0.166 e. The third-order valence-electron chi connectivity index (χ3n) is 2.55. The van der Waals surface area contributed by atoms with E-state index in [0.717, 1.165) is 21.9 Å². The van der Waals surface area contributed by atoms with Gasteiger partial charge in [-0.25, -0.2) is 9.37 Å². The van der Waals surface area contributed by atoms with Gasteiger partial charge in [-0.05, 0) is 35.9 Å². The number of nitrogens with one attached hydrogen (secondary N) is 1. The van der Waals surface area contributed by atoms with Crippen LogP contribution in [0, 0.1) is 5.82 Å². The Labute approximate surface area is 107 Å². The first-order valence-corrected chi connectivity index (χ1v) is 6.47. The highest BCUT2D eigenvalue weighted by atomic mass is 32.2. The fraction of sp³-hybridized carbons (Fsp3) is 0.0769. The van der Waals surface area contributed by atoms with Crippen molar-refractivity contribution in [3.8, 4) is 0 Å². The van der Waals surface area contributed by atoms with E-state index < -0.39 is 0 Å². The molecule has 90 valence electrons. The number of hydrogen-bond donors (Lipinski definition) is 1. The summed E-state index contributed by atoms with van der Waals surface area (Å²) in [5, 5.41) is 0.799. The van der Waals surface area contributed by atoms with Gasteiger partial charge in [0.05, 0.1) is 11.0 Å².